The maximum Gasteiger partial charge on any atom is 0.239 e. The number of aliphatic imine (C=N–C) groups is 1. The second-order valence-electron chi connectivity index (χ2n) is 3.86. The Bertz CT molecular complexity index is 623. The number of carbonyl (C=O) groups is 1. The van der Waals surface area contributed by atoms with E-state index in [9.17, 15) is 13.2 Å². The van der Waals surface area contributed by atoms with Gasteiger partial charge in [-0.25, -0.2) is 18.5 Å². The topological polar surface area (TPSA) is 92.8 Å². The molecule has 1 fully saturated rings. The summed E-state index contributed by atoms with van der Waals surface area (Å²) in [5.74, 6) is 0.425. The van der Waals surface area contributed by atoms with E-state index in [0.717, 1.165) is 0 Å². The van der Waals surface area contributed by atoms with Crippen molar-refractivity contribution >= 4 is 38.5 Å². The molecular weight excluding hydrogens is 286 g/mol. The second kappa shape index (κ2) is 5.32. The van der Waals surface area contributed by atoms with Crippen molar-refractivity contribution in [3.05, 3.63) is 24.3 Å². The minimum atomic E-state index is -3.69. The quantitative estimate of drug-likeness (QED) is 0.898. The fourth-order valence-corrected chi connectivity index (χ4v) is 3.09. The fraction of sp³-hybridized carbons (Fsp3) is 0.273. The van der Waals surface area contributed by atoms with Gasteiger partial charge in [-0.3, -0.25) is 9.69 Å². The number of amidine groups is 1. The second-order valence-corrected chi connectivity index (χ2v) is 6.36. The smallest absolute Gasteiger partial charge is 0.239 e. The van der Waals surface area contributed by atoms with Gasteiger partial charge < -0.3 is 0 Å². The number of benzene rings is 1. The Morgan fingerprint density at radius 2 is 2.00 bits per heavy atom. The third-order valence-corrected chi connectivity index (χ3v) is 4.45. The summed E-state index contributed by atoms with van der Waals surface area (Å²) in [6, 6.07) is 5.91. The molecule has 0 unspecified atom stereocenters. The predicted octanol–water partition coefficient (Wildman–Crippen LogP) is 0.917. The van der Waals surface area contributed by atoms with Crippen molar-refractivity contribution in [1.82, 2.24) is 4.90 Å². The Morgan fingerprint density at radius 1 is 1.37 bits per heavy atom. The molecule has 19 heavy (non-hydrogen) atoms. The minimum Gasteiger partial charge on any atom is -0.291 e. The van der Waals surface area contributed by atoms with Gasteiger partial charge in [0.25, 0.3) is 0 Å². The first-order valence-electron chi connectivity index (χ1n) is 5.56. The predicted molar refractivity (Wildman–Crippen MR) is 74.8 cm³/mol. The van der Waals surface area contributed by atoms with Crippen LogP contribution in [0.3, 0.4) is 0 Å². The van der Waals surface area contributed by atoms with Gasteiger partial charge in [-0.1, -0.05) is 11.8 Å². The summed E-state index contributed by atoms with van der Waals surface area (Å²) in [6.07, 6.45) is 0. The fourth-order valence-electron chi connectivity index (χ4n) is 1.61. The Hall–Kier alpha value is -1.38. The van der Waals surface area contributed by atoms with E-state index in [1.165, 1.54) is 23.9 Å². The number of primary sulfonamides is 1. The van der Waals surface area contributed by atoms with Gasteiger partial charge in [0, 0.05) is 6.54 Å². The molecule has 0 aliphatic carbocycles. The maximum atomic E-state index is 11.5. The van der Waals surface area contributed by atoms with Crippen LogP contribution >= 0.6 is 11.8 Å². The summed E-state index contributed by atoms with van der Waals surface area (Å²) in [7, 11) is -3.69. The normalized spacial score (nSPS) is 18.3. The zero-order valence-corrected chi connectivity index (χ0v) is 11.9. The molecule has 102 valence electrons. The first-order chi connectivity index (χ1) is 8.91. The summed E-state index contributed by atoms with van der Waals surface area (Å²) in [6.45, 7) is 2.45. The lowest BCUT2D eigenvalue weighted by atomic mass is 10.3. The van der Waals surface area contributed by atoms with E-state index in [1.54, 1.807) is 17.0 Å². The summed E-state index contributed by atoms with van der Waals surface area (Å²) >= 11 is 1.37. The lowest BCUT2D eigenvalue weighted by Crippen LogP contribution is -2.28. The van der Waals surface area contributed by atoms with Crippen LogP contribution in [-0.4, -0.2) is 36.7 Å². The Morgan fingerprint density at radius 3 is 2.53 bits per heavy atom. The van der Waals surface area contributed by atoms with Crippen LogP contribution in [0, 0.1) is 0 Å². The van der Waals surface area contributed by atoms with E-state index in [-0.39, 0.29) is 10.8 Å². The van der Waals surface area contributed by atoms with Crippen LogP contribution < -0.4 is 5.14 Å². The van der Waals surface area contributed by atoms with Crippen molar-refractivity contribution in [2.75, 3.05) is 12.3 Å². The minimum absolute atomic E-state index is 0.0346. The molecule has 1 aromatic rings. The molecule has 1 saturated heterocycles. The van der Waals surface area contributed by atoms with Gasteiger partial charge >= 0.3 is 0 Å². The molecule has 0 saturated carbocycles. The van der Waals surface area contributed by atoms with E-state index in [4.69, 9.17) is 5.14 Å². The lowest BCUT2D eigenvalue weighted by Gasteiger charge is -2.12. The highest BCUT2D eigenvalue weighted by Crippen LogP contribution is 2.24. The number of nitrogens with zero attached hydrogens (tertiary/aromatic N) is 2. The SMILES string of the molecule is CCN1C(=O)CS/C1=N\c1ccc(S(N)(=O)=O)cc1. The Kier molecular flexibility index (Phi) is 3.93. The van der Waals surface area contributed by atoms with Crippen LogP contribution in [0.1, 0.15) is 6.92 Å². The first kappa shape index (κ1) is 14.0. The molecule has 0 atom stereocenters. The molecule has 1 aromatic carbocycles. The first-order valence-corrected chi connectivity index (χ1v) is 8.09. The van der Waals surface area contributed by atoms with Crippen molar-refractivity contribution in [3.8, 4) is 0 Å². The number of amides is 1. The van der Waals surface area contributed by atoms with Gasteiger partial charge in [0.2, 0.25) is 15.9 Å². The highest BCUT2D eigenvalue weighted by atomic mass is 32.2. The number of hydrogen-bond acceptors (Lipinski definition) is 5. The van der Waals surface area contributed by atoms with Crippen LogP contribution in [0.25, 0.3) is 0 Å². The van der Waals surface area contributed by atoms with E-state index in [0.29, 0.717) is 23.2 Å². The molecule has 0 radical (unpaired) electrons. The van der Waals surface area contributed by atoms with Gasteiger partial charge in [-0.2, -0.15) is 0 Å². The van der Waals surface area contributed by atoms with Crippen molar-refractivity contribution in [2.45, 2.75) is 11.8 Å². The van der Waals surface area contributed by atoms with E-state index >= 15 is 0 Å². The van der Waals surface area contributed by atoms with Crippen molar-refractivity contribution in [1.29, 1.82) is 0 Å². The third kappa shape index (κ3) is 3.14. The maximum absolute atomic E-state index is 11.5. The van der Waals surface area contributed by atoms with Gasteiger partial charge in [-0.05, 0) is 31.2 Å². The van der Waals surface area contributed by atoms with Crippen molar-refractivity contribution in [3.63, 3.8) is 0 Å². The zero-order chi connectivity index (χ0) is 14.0. The van der Waals surface area contributed by atoms with E-state index < -0.39 is 10.0 Å². The molecule has 8 heteroatoms. The molecule has 2 rings (SSSR count). The van der Waals surface area contributed by atoms with E-state index in [2.05, 4.69) is 4.99 Å². The van der Waals surface area contributed by atoms with Gasteiger partial charge in [0.1, 0.15) is 0 Å². The van der Waals surface area contributed by atoms with Gasteiger partial charge in [-0.15, -0.1) is 0 Å². The monoisotopic (exact) mass is 299 g/mol. The standard InChI is InChI=1S/C11H13N3O3S2/c1-2-14-10(15)7-18-11(14)13-8-3-5-9(6-4-8)19(12,16)17/h3-6H,2,7H2,1H3,(H2,12,16,17)/b13-11-. The number of nitrogens with two attached hydrogens (primary N) is 1. The third-order valence-electron chi connectivity index (χ3n) is 2.56. The Balaban J connectivity index is 2.27. The highest BCUT2D eigenvalue weighted by Gasteiger charge is 2.26. The lowest BCUT2D eigenvalue weighted by molar-refractivity contribution is -0.123. The zero-order valence-electron chi connectivity index (χ0n) is 10.2. The van der Waals surface area contributed by atoms with Crippen LogP contribution in [0.4, 0.5) is 5.69 Å². The molecule has 1 heterocycles. The summed E-state index contributed by atoms with van der Waals surface area (Å²) in [5.41, 5.74) is 0.586. The molecule has 0 aromatic heterocycles. The average Bonchev–Trinajstić information content (AvgIpc) is 2.69. The highest BCUT2D eigenvalue weighted by molar-refractivity contribution is 8.15. The summed E-state index contributed by atoms with van der Waals surface area (Å²) in [4.78, 5) is 17.5. The van der Waals surface area contributed by atoms with Gasteiger partial charge in [0.15, 0.2) is 5.17 Å². The number of thioether (sulfide) groups is 1. The van der Waals surface area contributed by atoms with Crippen LogP contribution in [0.15, 0.2) is 34.2 Å². The molecular formula is C11H13N3O3S2. The van der Waals surface area contributed by atoms with Gasteiger partial charge in [0.05, 0.1) is 16.3 Å². The molecule has 1 aliphatic rings. The van der Waals surface area contributed by atoms with Crippen LogP contribution in [-0.2, 0) is 14.8 Å². The largest absolute Gasteiger partial charge is 0.291 e. The summed E-state index contributed by atoms with van der Waals surface area (Å²) in [5, 5.41) is 5.65. The average molecular weight is 299 g/mol. The molecule has 0 spiro atoms. The number of rotatable bonds is 3. The Labute approximate surface area is 115 Å². The van der Waals surface area contributed by atoms with Crippen molar-refractivity contribution in [2.24, 2.45) is 10.1 Å². The molecule has 2 N–H and O–H groups in total. The number of carbonyl (C=O) groups excluding carboxylic acids is 1. The molecule has 1 aliphatic heterocycles. The summed E-state index contributed by atoms with van der Waals surface area (Å²) < 4.78 is 22.2. The molecule has 6 nitrogen and oxygen atoms in total. The van der Waals surface area contributed by atoms with E-state index in [1.807, 2.05) is 6.92 Å². The van der Waals surface area contributed by atoms with Crippen LogP contribution in [0.2, 0.25) is 0 Å². The number of sulfonamides is 1. The molecule has 0 bridgehead atoms. The number of hydrogen-bond donors (Lipinski definition) is 1. The van der Waals surface area contributed by atoms with Crippen LogP contribution in [0.5, 0.6) is 0 Å². The van der Waals surface area contributed by atoms with Crippen molar-refractivity contribution < 1.29 is 13.2 Å². The molecule has 1 amide bonds.